The number of amides is 2. The van der Waals surface area contributed by atoms with Gasteiger partial charge in [-0.05, 0) is 37.3 Å². The summed E-state index contributed by atoms with van der Waals surface area (Å²) >= 11 is 0. The molecule has 2 heterocycles. The molecule has 1 saturated heterocycles. The van der Waals surface area contributed by atoms with Gasteiger partial charge in [-0.25, -0.2) is 9.78 Å². The average Bonchev–Trinajstić information content (AvgIpc) is 2.60. The Labute approximate surface area is 141 Å². The fraction of sp³-hybridized carbons (Fsp3) is 0.529. The van der Waals surface area contributed by atoms with Gasteiger partial charge in [-0.1, -0.05) is 6.92 Å². The fourth-order valence-corrected chi connectivity index (χ4v) is 2.82. The second kappa shape index (κ2) is 8.42. The fourth-order valence-electron chi connectivity index (χ4n) is 2.82. The third-order valence-corrected chi connectivity index (χ3v) is 4.10. The Bertz CT molecular complexity index is 600. The van der Waals surface area contributed by atoms with Crippen molar-refractivity contribution in [2.24, 2.45) is 5.92 Å². The molecule has 1 aliphatic heterocycles. The molecule has 7 heteroatoms. The molecule has 2 amide bonds. The van der Waals surface area contributed by atoms with E-state index < -0.39 is 5.97 Å². The number of hydrogen-bond donors (Lipinski definition) is 2. The van der Waals surface area contributed by atoms with Gasteiger partial charge in [0.25, 0.3) is 5.91 Å². The van der Waals surface area contributed by atoms with Gasteiger partial charge >= 0.3 is 5.97 Å². The smallest absolute Gasteiger partial charge is 0.354 e. The summed E-state index contributed by atoms with van der Waals surface area (Å²) in [5.74, 6) is -0.969. The van der Waals surface area contributed by atoms with Crippen LogP contribution < -0.4 is 5.32 Å². The summed E-state index contributed by atoms with van der Waals surface area (Å²) in [6, 6.07) is 2.83. The minimum Gasteiger partial charge on any atom is -0.477 e. The lowest BCUT2D eigenvalue weighted by Crippen LogP contribution is -2.43. The van der Waals surface area contributed by atoms with Crippen molar-refractivity contribution in [1.29, 1.82) is 0 Å². The summed E-state index contributed by atoms with van der Waals surface area (Å²) in [5.41, 5.74) is 0.303. The quantitative estimate of drug-likeness (QED) is 0.823. The average molecular weight is 333 g/mol. The van der Waals surface area contributed by atoms with Gasteiger partial charge in [0.05, 0.1) is 5.56 Å². The molecule has 0 saturated carbocycles. The SMILES string of the molecule is CCCC(=O)NCC1CCCN(C(=O)c2ccc(C(=O)O)nc2)C1. The zero-order valence-electron chi connectivity index (χ0n) is 13.8. The third-order valence-electron chi connectivity index (χ3n) is 4.10. The van der Waals surface area contributed by atoms with Gasteiger partial charge in [-0.15, -0.1) is 0 Å². The number of carbonyl (C=O) groups excluding carboxylic acids is 2. The summed E-state index contributed by atoms with van der Waals surface area (Å²) < 4.78 is 0. The maximum absolute atomic E-state index is 12.5. The van der Waals surface area contributed by atoms with E-state index in [1.54, 1.807) is 4.90 Å². The van der Waals surface area contributed by atoms with Gasteiger partial charge in [-0.3, -0.25) is 9.59 Å². The van der Waals surface area contributed by atoms with Gasteiger partial charge in [-0.2, -0.15) is 0 Å². The molecule has 0 radical (unpaired) electrons. The number of carbonyl (C=O) groups is 3. The number of rotatable bonds is 6. The van der Waals surface area contributed by atoms with Crippen molar-refractivity contribution in [3.05, 3.63) is 29.6 Å². The minimum absolute atomic E-state index is 0.0504. The molecule has 0 aliphatic carbocycles. The molecule has 130 valence electrons. The third kappa shape index (κ3) is 4.78. The number of hydrogen-bond acceptors (Lipinski definition) is 4. The molecule has 0 spiro atoms. The Morgan fingerprint density at radius 3 is 2.79 bits per heavy atom. The molecule has 1 unspecified atom stereocenters. The molecular formula is C17H23N3O4. The maximum Gasteiger partial charge on any atom is 0.354 e. The lowest BCUT2D eigenvalue weighted by molar-refractivity contribution is -0.121. The highest BCUT2D eigenvalue weighted by Gasteiger charge is 2.25. The largest absolute Gasteiger partial charge is 0.477 e. The molecule has 1 aromatic heterocycles. The number of carboxylic acid groups (broad SMARTS) is 1. The zero-order chi connectivity index (χ0) is 17.5. The molecule has 2 N–H and O–H groups in total. The molecule has 0 aromatic carbocycles. The van der Waals surface area contributed by atoms with Gasteiger partial charge in [0, 0.05) is 32.3 Å². The summed E-state index contributed by atoms with van der Waals surface area (Å²) in [5, 5.41) is 11.8. The van der Waals surface area contributed by atoms with Crippen molar-refractivity contribution in [2.75, 3.05) is 19.6 Å². The van der Waals surface area contributed by atoms with Crippen molar-refractivity contribution >= 4 is 17.8 Å². The van der Waals surface area contributed by atoms with Crippen molar-refractivity contribution < 1.29 is 19.5 Å². The van der Waals surface area contributed by atoms with E-state index in [4.69, 9.17) is 5.11 Å². The van der Waals surface area contributed by atoms with E-state index in [1.807, 2.05) is 6.92 Å². The Morgan fingerprint density at radius 2 is 2.17 bits per heavy atom. The Hall–Kier alpha value is -2.44. The van der Waals surface area contributed by atoms with Crippen LogP contribution in [-0.4, -0.2) is 52.4 Å². The van der Waals surface area contributed by atoms with Crippen LogP contribution in [0.3, 0.4) is 0 Å². The summed E-state index contributed by atoms with van der Waals surface area (Å²) in [6.45, 7) is 3.80. The van der Waals surface area contributed by atoms with E-state index in [-0.39, 0.29) is 23.4 Å². The van der Waals surface area contributed by atoms with Gasteiger partial charge in [0.2, 0.25) is 5.91 Å². The maximum atomic E-state index is 12.5. The highest BCUT2D eigenvalue weighted by molar-refractivity contribution is 5.95. The number of aromatic nitrogens is 1. The van der Waals surface area contributed by atoms with Crippen molar-refractivity contribution in [2.45, 2.75) is 32.6 Å². The number of nitrogens with one attached hydrogen (secondary N) is 1. The zero-order valence-corrected chi connectivity index (χ0v) is 13.8. The van der Waals surface area contributed by atoms with E-state index in [0.717, 1.165) is 19.3 Å². The van der Waals surface area contributed by atoms with Gasteiger partial charge < -0.3 is 15.3 Å². The van der Waals surface area contributed by atoms with Crippen LogP contribution in [0, 0.1) is 5.92 Å². The number of piperidine rings is 1. The second-order valence-corrected chi connectivity index (χ2v) is 6.05. The van der Waals surface area contributed by atoms with E-state index in [0.29, 0.717) is 31.6 Å². The number of aromatic carboxylic acids is 1. The van der Waals surface area contributed by atoms with Crippen LogP contribution in [0.2, 0.25) is 0 Å². The standard InChI is InChI=1S/C17H23N3O4/c1-2-4-15(21)19-9-12-5-3-8-20(11-12)16(22)13-6-7-14(17(23)24)18-10-13/h6-7,10,12H,2-5,8-9,11H2,1H3,(H,19,21)(H,23,24). The predicted molar refractivity (Wildman–Crippen MR) is 87.7 cm³/mol. The summed E-state index contributed by atoms with van der Waals surface area (Å²) in [6.07, 6.45) is 4.52. The van der Waals surface area contributed by atoms with Crippen LogP contribution in [-0.2, 0) is 4.79 Å². The predicted octanol–water partition coefficient (Wildman–Crippen LogP) is 1.55. The first-order valence-corrected chi connectivity index (χ1v) is 8.26. The van der Waals surface area contributed by atoms with Crippen molar-refractivity contribution in [3.8, 4) is 0 Å². The number of carboxylic acids is 1. The Kier molecular flexibility index (Phi) is 6.28. The Morgan fingerprint density at radius 1 is 1.38 bits per heavy atom. The molecule has 0 bridgehead atoms. The number of nitrogens with zero attached hydrogens (tertiary/aromatic N) is 2. The first-order valence-electron chi connectivity index (χ1n) is 8.26. The second-order valence-electron chi connectivity index (χ2n) is 6.05. The van der Waals surface area contributed by atoms with Crippen LogP contribution >= 0.6 is 0 Å². The topological polar surface area (TPSA) is 99.6 Å². The van der Waals surface area contributed by atoms with Crippen LogP contribution in [0.25, 0.3) is 0 Å². The molecule has 2 rings (SSSR count). The van der Waals surface area contributed by atoms with E-state index in [2.05, 4.69) is 10.3 Å². The molecule has 24 heavy (non-hydrogen) atoms. The van der Waals surface area contributed by atoms with Gasteiger partial charge in [0.15, 0.2) is 0 Å². The first kappa shape index (κ1) is 17.9. The first-order chi connectivity index (χ1) is 11.5. The number of likely N-dealkylation sites (tertiary alicyclic amines) is 1. The van der Waals surface area contributed by atoms with Crippen molar-refractivity contribution in [3.63, 3.8) is 0 Å². The van der Waals surface area contributed by atoms with Crippen molar-refractivity contribution in [1.82, 2.24) is 15.2 Å². The molecule has 1 aromatic rings. The van der Waals surface area contributed by atoms with Crippen LogP contribution in [0.4, 0.5) is 0 Å². The molecule has 1 aliphatic rings. The van der Waals surface area contributed by atoms with E-state index in [9.17, 15) is 14.4 Å². The monoisotopic (exact) mass is 333 g/mol. The van der Waals surface area contributed by atoms with Crippen LogP contribution in [0.5, 0.6) is 0 Å². The van der Waals surface area contributed by atoms with Crippen LogP contribution in [0.15, 0.2) is 18.3 Å². The lowest BCUT2D eigenvalue weighted by atomic mass is 9.97. The molecule has 1 atom stereocenters. The highest BCUT2D eigenvalue weighted by atomic mass is 16.4. The van der Waals surface area contributed by atoms with Crippen LogP contribution in [0.1, 0.15) is 53.5 Å². The summed E-state index contributed by atoms with van der Waals surface area (Å²) in [7, 11) is 0. The minimum atomic E-state index is -1.12. The van der Waals surface area contributed by atoms with E-state index in [1.165, 1.54) is 18.3 Å². The Balaban J connectivity index is 1.92. The molecule has 7 nitrogen and oxygen atoms in total. The molecule has 1 fully saturated rings. The molecular weight excluding hydrogens is 310 g/mol. The normalized spacial score (nSPS) is 17.4. The highest BCUT2D eigenvalue weighted by Crippen LogP contribution is 2.18. The van der Waals surface area contributed by atoms with Gasteiger partial charge in [0.1, 0.15) is 5.69 Å². The number of pyridine rings is 1. The summed E-state index contributed by atoms with van der Waals surface area (Å²) in [4.78, 5) is 40.4. The lowest BCUT2D eigenvalue weighted by Gasteiger charge is -2.33. The van der Waals surface area contributed by atoms with E-state index >= 15 is 0 Å².